The largest absolute Gasteiger partial charge is 0.458 e. The molecule has 1 atom stereocenters. The van der Waals surface area contributed by atoms with Crippen LogP contribution in [0.4, 0.5) is 0 Å². The van der Waals surface area contributed by atoms with Crippen LogP contribution in [0.5, 0.6) is 0 Å². The van der Waals surface area contributed by atoms with Crippen molar-refractivity contribution in [2.24, 2.45) is 0 Å². The fraction of sp³-hybridized carbons (Fsp3) is 0.176. The molecule has 0 fully saturated rings. The second-order valence-corrected chi connectivity index (χ2v) is 5.08. The van der Waals surface area contributed by atoms with E-state index in [2.05, 4.69) is 0 Å². The van der Waals surface area contributed by atoms with E-state index in [1.54, 1.807) is 6.92 Å². The molecule has 0 bridgehead atoms. The zero-order valence-corrected chi connectivity index (χ0v) is 10.8. The van der Waals surface area contributed by atoms with Crippen molar-refractivity contribution >= 4 is 11.0 Å². The fourth-order valence-electron chi connectivity index (χ4n) is 2.33. The minimum absolute atomic E-state index is 0.535. The quantitative estimate of drug-likeness (QED) is 0.767. The first-order valence-electron chi connectivity index (χ1n) is 6.40. The summed E-state index contributed by atoms with van der Waals surface area (Å²) < 4.78 is 5.76. The van der Waals surface area contributed by atoms with E-state index in [-0.39, 0.29) is 0 Å². The standard InChI is InChI=1S/C17H16O2/c1-17(18,12-13-7-3-2-4-8-13)16-11-14-9-5-6-10-15(14)19-16/h2-11,18H,12H2,1H3. The molecular weight excluding hydrogens is 236 g/mol. The van der Waals surface area contributed by atoms with Gasteiger partial charge in [0, 0.05) is 11.8 Å². The Morgan fingerprint density at radius 2 is 1.68 bits per heavy atom. The number of hydrogen-bond donors (Lipinski definition) is 1. The Labute approximate surface area is 112 Å². The molecule has 1 heterocycles. The van der Waals surface area contributed by atoms with Crippen LogP contribution in [0.3, 0.4) is 0 Å². The molecule has 0 aliphatic rings. The third-order valence-corrected chi connectivity index (χ3v) is 3.35. The summed E-state index contributed by atoms with van der Waals surface area (Å²) in [6, 6.07) is 19.7. The van der Waals surface area contributed by atoms with E-state index < -0.39 is 5.60 Å². The van der Waals surface area contributed by atoms with Crippen LogP contribution in [0, 0.1) is 0 Å². The van der Waals surface area contributed by atoms with Crippen molar-refractivity contribution in [1.29, 1.82) is 0 Å². The molecule has 96 valence electrons. The third-order valence-electron chi connectivity index (χ3n) is 3.35. The summed E-state index contributed by atoms with van der Waals surface area (Å²) in [5, 5.41) is 11.7. The van der Waals surface area contributed by atoms with Crippen LogP contribution >= 0.6 is 0 Å². The summed E-state index contributed by atoms with van der Waals surface area (Å²) in [4.78, 5) is 0. The summed E-state index contributed by atoms with van der Waals surface area (Å²) in [5.74, 6) is 0.609. The first-order chi connectivity index (χ1) is 9.15. The number of rotatable bonds is 3. The number of para-hydroxylation sites is 1. The summed E-state index contributed by atoms with van der Waals surface area (Å²) in [5.41, 5.74) is 0.902. The van der Waals surface area contributed by atoms with Crippen LogP contribution in [0.1, 0.15) is 18.2 Å². The lowest BCUT2D eigenvalue weighted by atomic mass is 9.94. The van der Waals surface area contributed by atoms with E-state index in [1.807, 2.05) is 60.7 Å². The van der Waals surface area contributed by atoms with Crippen molar-refractivity contribution in [3.63, 3.8) is 0 Å². The van der Waals surface area contributed by atoms with Crippen molar-refractivity contribution in [3.8, 4) is 0 Å². The van der Waals surface area contributed by atoms with Gasteiger partial charge in [-0.1, -0.05) is 48.5 Å². The van der Waals surface area contributed by atoms with Gasteiger partial charge in [-0.15, -0.1) is 0 Å². The molecule has 2 heteroatoms. The van der Waals surface area contributed by atoms with E-state index in [1.165, 1.54) is 0 Å². The van der Waals surface area contributed by atoms with Crippen LogP contribution in [0.15, 0.2) is 65.1 Å². The molecule has 0 amide bonds. The SMILES string of the molecule is CC(O)(Cc1ccccc1)c1cc2ccccc2o1. The van der Waals surface area contributed by atoms with Gasteiger partial charge in [-0.25, -0.2) is 0 Å². The highest BCUT2D eigenvalue weighted by atomic mass is 16.4. The second kappa shape index (κ2) is 4.56. The lowest BCUT2D eigenvalue weighted by Crippen LogP contribution is -2.23. The first-order valence-corrected chi connectivity index (χ1v) is 6.40. The molecule has 2 aromatic carbocycles. The maximum absolute atomic E-state index is 10.6. The molecule has 19 heavy (non-hydrogen) atoms. The Morgan fingerprint density at radius 1 is 1.00 bits per heavy atom. The molecule has 2 nitrogen and oxygen atoms in total. The molecule has 0 spiro atoms. The molecule has 0 aliphatic heterocycles. The van der Waals surface area contributed by atoms with Crippen molar-refractivity contribution < 1.29 is 9.52 Å². The molecule has 0 saturated heterocycles. The Hall–Kier alpha value is -2.06. The number of aliphatic hydroxyl groups is 1. The topological polar surface area (TPSA) is 33.4 Å². The van der Waals surface area contributed by atoms with Gasteiger partial charge < -0.3 is 9.52 Å². The highest BCUT2D eigenvalue weighted by Crippen LogP contribution is 2.30. The van der Waals surface area contributed by atoms with E-state index in [4.69, 9.17) is 4.42 Å². The van der Waals surface area contributed by atoms with Crippen LogP contribution < -0.4 is 0 Å². The van der Waals surface area contributed by atoms with E-state index in [0.717, 1.165) is 16.5 Å². The molecule has 3 aromatic rings. The van der Waals surface area contributed by atoms with Gasteiger partial charge in [0.25, 0.3) is 0 Å². The molecule has 1 aromatic heterocycles. The first kappa shape index (κ1) is 12.0. The van der Waals surface area contributed by atoms with Gasteiger partial charge in [-0.2, -0.15) is 0 Å². The predicted octanol–water partition coefficient (Wildman–Crippen LogP) is 3.88. The van der Waals surface area contributed by atoms with Gasteiger partial charge in [-0.05, 0) is 24.6 Å². The Balaban J connectivity index is 1.95. The van der Waals surface area contributed by atoms with Gasteiger partial charge in [0.05, 0.1) is 0 Å². The summed E-state index contributed by atoms with van der Waals surface area (Å²) >= 11 is 0. The van der Waals surface area contributed by atoms with Gasteiger partial charge in [-0.3, -0.25) is 0 Å². The maximum Gasteiger partial charge on any atom is 0.136 e. The fourth-order valence-corrected chi connectivity index (χ4v) is 2.33. The highest BCUT2D eigenvalue weighted by molar-refractivity contribution is 5.77. The van der Waals surface area contributed by atoms with Crippen molar-refractivity contribution in [2.45, 2.75) is 18.9 Å². The Kier molecular flexibility index (Phi) is 2.88. The molecule has 1 N–H and O–H groups in total. The van der Waals surface area contributed by atoms with Crippen LogP contribution in [-0.2, 0) is 12.0 Å². The zero-order chi connectivity index (χ0) is 13.3. The summed E-state index contributed by atoms with van der Waals surface area (Å²) in [7, 11) is 0. The van der Waals surface area contributed by atoms with Gasteiger partial charge in [0.1, 0.15) is 16.9 Å². The van der Waals surface area contributed by atoms with Crippen LogP contribution in [0.2, 0.25) is 0 Å². The van der Waals surface area contributed by atoms with Crippen molar-refractivity contribution in [1.82, 2.24) is 0 Å². The van der Waals surface area contributed by atoms with E-state index in [0.29, 0.717) is 12.2 Å². The van der Waals surface area contributed by atoms with E-state index in [9.17, 15) is 5.11 Å². The second-order valence-electron chi connectivity index (χ2n) is 5.08. The molecule has 0 radical (unpaired) electrons. The van der Waals surface area contributed by atoms with Crippen molar-refractivity contribution in [3.05, 3.63) is 72.0 Å². The van der Waals surface area contributed by atoms with Crippen LogP contribution in [-0.4, -0.2) is 5.11 Å². The summed E-state index contributed by atoms with van der Waals surface area (Å²) in [6.45, 7) is 1.79. The number of furan rings is 1. The minimum atomic E-state index is -1.000. The van der Waals surface area contributed by atoms with Gasteiger partial charge >= 0.3 is 0 Å². The molecule has 3 rings (SSSR count). The molecule has 0 aliphatic carbocycles. The number of fused-ring (bicyclic) bond motifs is 1. The van der Waals surface area contributed by atoms with Gasteiger partial charge in [0.2, 0.25) is 0 Å². The lowest BCUT2D eigenvalue weighted by molar-refractivity contribution is 0.0360. The lowest BCUT2D eigenvalue weighted by Gasteiger charge is -2.20. The predicted molar refractivity (Wildman–Crippen MR) is 75.9 cm³/mol. The Morgan fingerprint density at radius 3 is 2.42 bits per heavy atom. The highest BCUT2D eigenvalue weighted by Gasteiger charge is 2.27. The average Bonchev–Trinajstić information content (AvgIpc) is 2.84. The van der Waals surface area contributed by atoms with Gasteiger partial charge in [0.15, 0.2) is 0 Å². The smallest absolute Gasteiger partial charge is 0.136 e. The maximum atomic E-state index is 10.6. The van der Waals surface area contributed by atoms with E-state index >= 15 is 0 Å². The zero-order valence-electron chi connectivity index (χ0n) is 10.8. The monoisotopic (exact) mass is 252 g/mol. The normalized spacial score (nSPS) is 14.4. The molecular formula is C17H16O2. The third kappa shape index (κ3) is 2.40. The summed E-state index contributed by atoms with van der Waals surface area (Å²) in [6.07, 6.45) is 0.535. The van der Waals surface area contributed by atoms with Crippen molar-refractivity contribution in [2.75, 3.05) is 0 Å². The number of benzene rings is 2. The minimum Gasteiger partial charge on any atom is -0.458 e. The molecule has 0 saturated carbocycles. The van der Waals surface area contributed by atoms with Crippen LogP contribution in [0.25, 0.3) is 11.0 Å². The number of hydrogen-bond acceptors (Lipinski definition) is 2. The molecule has 1 unspecified atom stereocenters. The average molecular weight is 252 g/mol. The Bertz CT molecular complexity index is 648.